The Hall–Kier alpha value is -0.990. The molecular weight excluding hydrogens is 210 g/mol. The summed E-state index contributed by atoms with van der Waals surface area (Å²) in [6.07, 6.45) is 6.89. The zero-order valence-electron chi connectivity index (χ0n) is 10.9. The van der Waals surface area contributed by atoms with E-state index in [1.54, 1.807) is 0 Å². The Bertz CT molecular complexity index is 388. The second-order valence-electron chi connectivity index (χ2n) is 5.88. The molecule has 94 valence electrons. The van der Waals surface area contributed by atoms with Gasteiger partial charge in [0.1, 0.15) is 5.82 Å². The zero-order chi connectivity index (χ0) is 11.8. The maximum atomic E-state index is 4.83. The van der Waals surface area contributed by atoms with Crippen molar-refractivity contribution in [3.05, 3.63) is 11.8 Å². The van der Waals surface area contributed by atoms with Crippen LogP contribution in [0.1, 0.15) is 63.6 Å². The highest BCUT2D eigenvalue weighted by Gasteiger charge is 2.31. The Morgan fingerprint density at radius 1 is 1.29 bits per heavy atom. The third-order valence-corrected chi connectivity index (χ3v) is 4.35. The van der Waals surface area contributed by atoms with Crippen LogP contribution in [0.15, 0.2) is 6.07 Å². The molecule has 0 spiro atoms. The van der Waals surface area contributed by atoms with Crippen molar-refractivity contribution in [3.8, 4) is 0 Å². The average molecular weight is 233 g/mol. The van der Waals surface area contributed by atoms with E-state index in [4.69, 9.17) is 5.10 Å². The number of rotatable bonds is 2. The number of anilines is 1. The van der Waals surface area contributed by atoms with Crippen molar-refractivity contribution in [2.75, 3.05) is 11.9 Å². The van der Waals surface area contributed by atoms with Crippen LogP contribution in [0.2, 0.25) is 0 Å². The summed E-state index contributed by atoms with van der Waals surface area (Å²) < 4.78 is 2.29. The van der Waals surface area contributed by atoms with Gasteiger partial charge in [-0.15, -0.1) is 0 Å². The SMILES string of the molecule is CC(C)c1cc2n(n1)C(C1CCCC1)CCN2. The molecule has 0 aromatic carbocycles. The maximum Gasteiger partial charge on any atom is 0.124 e. The van der Waals surface area contributed by atoms with Crippen molar-refractivity contribution < 1.29 is 0 Å². The van der Waals surface area contributed by atoms with Gasteiger partial charge in [0.15, 0.2) is 0 Å². The molecule has 1 aromatic heterocycles. The van der Waals surface area contributed by atoms with Gasteiger partial charge in [0.2, 0.25) is 0 Å². The Morgan fingerprint density at radius 2 is 2.06 bits per heavy atom. The van der Waals surface area contributed by atoms with Crippen LogP contribution >= 0.6 is 0 Å². The van der Waals surface area contributed by atoms with Gasteiger partial charge in [-0.3, -0.25) is 0 Å². The third kappa shape index (κ3) is 1.96. The Labute approximate surface area is 104 Å². The van der Waals surface area contributed by atoms with E-state index in [9.17, 15) is 0 Å². The van der Waals surface area contributed by atoms with Crippen LogP contribution in [-0.2, 0) is 0 Å². The van der Waals surface area contributed by atoms with Gasteiger partial charge >= 0.3 is 0 Å². The number of nitrogens with one attached hydrogen (secondary N) is 1. The summed E-state index contributed by atoms with van der Waals surface area (Å²) in [5.74, 6) is 2.65. The van der Waals surface area contributed by atoms with Crippen molar-refractivity contribution in [3.63, 3.8) is 0 Å². The first kappa shape index (κ1) is 11.1. The van der Waals surface area contributed by atoms with Crippen LogP contribution in [0.3, 0.4) is 0 Å². The van der Waals surface area contributed by atoms with Crippen molar-refractivity contribution in [2.45, 2.75) is 57.9 Å². The number of fused-ring (bicyclic) bond motifs is 1. The average Bonchev–Trinajstić information content (AvgIpc) is 2.97. The van der Waals surface area contributed by atoms with Crippen molar-refractivity contribution >= 4 is 5.82 Å². The molecule has 2 aliphatic rings. The molecule has 2 heterocycles. The molecule has 0 radical (unpaired) electrons. The molecule has 1 aliphatic carbocycles. The lowest BCUT2D eigenvalue weighted by molar-refractivity contribution is 0.288. The lowest BCUT2D eigenvalue weighted by atomic mass is 9.94. The molecule has 1 unspecified atom stereocenters. The topological polar surface area (TPSA) is 29.9 Å². The zero-order valence-corrected chi connectivity index (χ0v) is 10.9. The summed E-state index contributed by atoms with van der Waals surface area (Å²) in [5.41, 5.74) is 1.23. The largest absolute Gasteiger partial charge is 0.370 e. The number of nitrogens with zero attached hydrogens (tertiary/aromatic N) is 2. The molecule has 3 rings (SSSR count). The molecule has 1 saturated carbocycles. The Morgan fingerprint density at radius 3 is 2.76 bits per heavy atom. The highest BCUT2D eigenvalue weighted by Crippen LogP contribution is 2.39. The molecule has 0 saturated heterocycles. The first-order valence-electron chi connectivity index (χ1n) is 7.09. The predicted octanol–water partition coefficient (Wildman–Crippen LogP) is 3.55. The summed E-state index contributed by atoms with van der Waals surface area (Å²) in [7, 11) is 0. The minimum atomic E-state index is 0.527. The van der Waals surface area contributed by atoms with Gasteiger partial charge in [-0.05, 0) is 31.1 Å². The number of hydrogen-bond donors (Lipinski definition) is 1. The molecule has 0 bridgehead atoms. The monoisotopic (exact) mass is 233 g/mol. The molecule has 1 aromatic rings. The summed E-state index contributed by atoms with van der Waals surface area (Å²) in [5, 5.41) is 8.32. The highest BCUT2D eigenvalue weighted by molar-refractivity contribution is 5.40. The quantitative estimate of drug-likeness (QED) is 0.846. The lowest BCUT2D eigenvalue weighted by Crippen LogP contribution is -2.28. The van der Waals surface area contributed by atoms with Gasteiger partial charge in [-0.25, -0.2) is 4.68 Å². The van der Waals surface area contributed by atoms with E-state index in [2.05, 4.69) is 29.9 Å². The van der Waals surface area contributed by atoms with E-state index in [0.29, 0.717) is 12.0 Å². The van der Waals surface area contributed by atoms with Crippen LogP contribution in [0.4, 0.5) is 5.82 Å². The highest BCUT2D eigenvalue weighted by atomic mass is 15.4. The molecular formula is C14H23N3. The van der Waals surface area contributed by atoms with Gasteiger partial charge in [0.25, 0.3) is 0 Å². The van der Waals surface area contributed by atoms with Crippen LogP contribution in [0.25, 0.3) is 0 Å². The van der Waals surface area contributed by atoms with Crippen LogP contribution < -0.4 is 5.32 Å². The van der Waals surface area contributed by atoms with Gasteiger partial charge in [0, 0.05) is 12.6 Å². The standard InChI is InChI=1S/C14H23N3/c1-10(2)12-9-14-15-8-7-13(17(14)16-12)11-5-3-4-6-11/h9-11,13,15H,3-8H2,1-2H3. The van der Waals surface area contributed by atoms with Crippen LogP contribution in [0, 0.1) is 5.92 Å². The van der Waals surface area contributed by atoms with Gasteiger partial charge in [-0.1, -0.05) is 26.7 Å². The van der Waals surface area contributed by atoms with Crippen molar-refractivity contribution in [1.29, 1.82) is 0 Å². The molecule has 1 aliphatic heterocycles. The third-order valence-electron chi connectivity index (χ3n) is 4.35. The van der Waals surface area contributed by atoms with E-state index in [1.807, 2.05) is 0 Å². The molecule has 1 fully saturated rings. The molecule has 3 heteroatoms. The van der Waals surface area contributed by atoms with E-state index < -0.39 is 0 Å². The first-order chi connectivity index (χ1) is 8.25. The summed E-state index contributed by atoms with van der Waals surface area (Å²) in [6.45, 7) is 5.56. The van der Waals surface area contributed by atoms with Crippen molar-refractivity contribution in [2.24, 2.45) is 5.92 Å². The number of hydrogen-bond acceptors (Lipinski definition) is 2. The molecule has 1 atom stereocenters. The maximum absolute atomic E-state index is 4.83. The first-order valence-corrected chi connectivity index (χ1v) is 7.09. The van der Waals surface area contributed by atoms with Crippen LogP contribution in [-0.4, -0.2) is 16.3 Å². The smallest absolute Gasteiger partial charge is 0.124 e. The second-order valence-corrected chi connectivity index (χ2v) is 5.88. The van der Waals surface area contributed by atoms with Gasteiger partial charge in [0.05, 0.1) is 11.7 Å². The summed E-state index contributed by atoms with van der Waals surface area (Å²) in [4.78, 5) is 0. The number of aromatic nitrogens is 2. The predicted molar refractivity (Wildman–Crippen MR) is 70.4 cm³/mol. The van der Waals surface area contributed by atoms with E-state index in [0.717, 1.165) is 12.5 Å². The summed E-state index contributed by atoms with van der Waals surface area (Å²) in [6, 6.07) is 2.90. The van der Waals surface area contributed by atoms with Crippen molar-refractivity contribution in [1.82, 2.24) is 9.78 Å². The molecule has 0 amide bonds. The molecule has 1 N–H and O–H groups in total. The minimum Gasteiger partial charge on any atom is -0.370 e. The lowest BCUT2D eigenvalue weighted by Gasteiger charge is -2.30. The second kappa shape index (κ2) is 4.35. The fourth-order valence-electron chi connectivity index (χ4n) is 3.33. The Balaban J connectivity index is 1.89. The fraction of sp³-hybridized carbons (Fsp3) is 0.786. The van der Waals surface area contributed by atoms with Gasteiger partial charge < -0.3 is 5.32 Å². The molecule has 3 nitrogen and oxygen atoms in total. The van der Waals surface area contributed by atoms with Gasteiger partial charge in [-0.2, -0.15) is 5.10 Å². The fourth-order valence-corrected chi connectivity index (χ4v) is 3.33. The van der Waals surface area contributed by atoms with E-state index in [-0.39, 0.29) is 0 Å². The summed E-state index contributed by atoms with van der Waals surface area (Å²) >= 11 is 0. The molecule has 17 heavy (non-hydrogen) atoms. The Kier molecular flexibility index (Phi) is 2.85. The van der Waals surface area contributed by atoms with E-state index in [1.165, 1.54) is 43.6 Å². The van der Waals surface area contributed by atoms with E-state index >= 15 is 0 Å². The minimum absolute atomic E-state index is 0.527. The van der Waals surface area contributed by atoms with Crippen LogP contribution in [0.5, 0.6) is 0 Å². The normalized spacial score (nSPS) is 25.0.